The normalized spacial score (nSPS) is 19.9. The van der Waals surface area contributed by atoms with Crippen LogP contribution in [-0.2, 0) is 32.1 Å². The second kappa shape index (κ2) is 8.18. The Morgan fingerprint density at radius 2 is 2.00 bits per heavy atom. The van der Waals surface area contributed by atoms with E-state index in [1.54, 1.807) is 6.92 Å². The van der Waals surface area contributed by atoms with E-state index in [0.29, 0.717) is 12.8 Å². The number of pyridine rings is 1. The Hall–Kier alpha value is -3.29. The van der Waals surface area contributed by atoms with Crippen molar-refractivity contribution < 1.29 is 30.8 Å². The molecule has 0 saturated carbocycles. The minimum atomic E-state index is -4.64. The largest absolute Gasteiger partial charge is 0.435 e. The summed E-state index contributed by atoms with van der Waals surface area (Å²) in [7, 11) is -3.38. The Bertz CT molecular complexity index is 1360. The number of rotatable bonds is 5. The van der Waals surface area contributed by atoms with Gasteiger partial charge in [0.2, 0.25) is 5.91 Å². The van der Waals surface area contributed by atoms with Crippen LogP contribution in [0.25, 0.3) is 5.82 Å². The van der Waals surface area contributed by atoms with Crippen molar-refractivity contribution in [1.82, 2.24) is 24.3 Å². The van der Waals surface area contributed by atoms with Crippen LogP contribution in [0.1, 0.15) is 36.8 Å². The topological polar surface area (TPSA) is 112 Å². The van der Waals surface area contributed by atoms with Crippen molar-refractivity contribution in [2.24, 2.45) is 0 Å². The molecule has 34 heavy (non-hydrogen) atoms. The summed E-state index contributed by atoms with van der Waals surface area (Å²) >= 11 is 0. The number of alkyl halides is 3. The molecule has 1 N–H and O–H groups in total. The number of nitrogens with zero attached hydrogens (tertiary/aromatic N) is 5. The lowest BCUT2D eigenvalue weighted by molar-refractivity contribution is -0.141. The quantitative estimate of drug-likeness (QED) is 0.539. The zero-order chi connectivity index (χ0) is 24.9. The van der Waals surface area contributed by atoms with Gasteiger partial charge in [-0.05, 0) is 32.8 Å². The summed E-state index contributed by atoms with van der Waals surface area (Å²) in [5.74, 6) is -1.64. The van der Waals surface area contributed by atoms with Crippen LogP contribution in [0.3, 0.4) is 0 Å². The van der Waals surface area contributed by atoms with Crippen LogP contribution in [0.15, 0.2) is 30.9 Å². The Labute approximate surface area is 191 Å². The summed E-state index contributed by atoms with van der Waals surface area (Å²) in [4.78, 5) is 20.4. The third kappa shape index (κ3) is 4.29. The second-order valence-electron chi connectivity index (χ2n) is 8.22. The molecule has 4 heterocycles. The number of halogens is 4. The summed E-state index contributed by atoms with van der Waals surface area (Å²) < 4.78 is 78.8. The highest BCUT2D eigenvalue weighted by Crippen LogP contribution is 2.40. The standard InChI is InChI=1S/C20H20F4N6O3S/c1-12-6-15(20(22,23)24)28-30(12)10-17(31)27-13-7-14(21)18(25-8-13)29-9-16(26-11-29)19(2)4-3-5-34(19,32)33/h6-9,11H,3-5,10H2,1-2H3,(H,27,31). The number of hydrogen-bond donors (Lipinski definition) is 1. The van der Waals surface area contributed by atoms with Crippen LogP contribution < -0.4 is 5.32 Å². The molecule has 0 radical (unpaired) electrons. The van der Waals surface area contributed by atoms with Crippen LogP contribution in [0, 0.1) is 12.7 Å². The van der Waals surface area contributed by atoms with Crippen molar-refractivity contribution in [3.63, 3.8) is 0 Å². The molecule has 1 unspecified atom stereocenters. The van der Waals surface area contributed by atoms with Gasteiger partial charge in [-0.1, -0.05) is 0 Å². The molecule has 1 fully saturated rings. The minimum absolute atomic E-state index is 0.0159. The fraction of sp³-hybridized carbons (Fsp3) is 0.400. The SMILES string of the molecule is Cc1cc(C(F)(F)F)nn1CC(=O)Nc1cnc(-n2cnc(C3(C)CCCS3(=O)=O)c2)c(F)c1. The van der Waals surface area contributed by atoms with Gasteiger partial charge in [0, 0.05) is 18.0 Å². The van der Waals surface area contributed by atoms with E-state index < -0.39 is 44.7 Å². The van der Waals surface area contributed by atoms with Gasteiger partial charge in [0.05, 0.1) is 23.3 Å². The number of carbonyl (C=O) groups is 1. The van der Waals surface area contributed by atoms with E-state index >= 15 is 0 Å². The molecule has 1 amide bonds. The molecule has 4 rings (SSSR count). The van der Waals surface area contributed by atoms with E-state index in [-0.39, 0.29) is 28.6 Å². The Kier molecular flexibility index (Phi) is 5.74. The highest BCUT2D eigenvalue weighted by Gasteiger charge is 2.46. The molecule has 0 spiro atoms. The minimum Gasteiger partial charge on any atom is -0.323 e. The zero-order valence-electron chi connectivity index (χ0n) is 18.1. The molecule has 9 nitrogen and oxygen atoms in total. The molecule has 14 heteroatoms. The van der Waals surface area contributed by atoms with Crippen molar-refractivity contribution >= 4 is 21.4 Å². The fourth-order valence-electron chi connectivity index (χ4n) is 3.81. The molecule has 0 aromatic carbocycles. The number of carbonyl (C=O) groups excluding carboxylic acids is 1. The molecule has 182 valence electrons. The Balaban J connectivity index is 1.49. The van der Waals surface area contributed by atoms with Gasteiger partial charge in [0.25, 0.3) is 0 Å². The maximum absolute atomic E-state index is 14.7. The number of amides is 1. The summed E-state index contributed by atoms with van der Waals surface area (Å²) in [6, 6.07) is 1.81. The zero-order valence-corrected chi connectivity index (χ0v) is 18.9. The van der Waals surface area contributed by atoms with E-state index in [2.05, 4.69) is 20.4 Å². The number of hydrogen-bond acceptors (Lipinski definition) is 6. The second-order valence-corrected chi connectivity index (χ2v) is 10.8. The number of anilines is 1. The lowest BCUT2D eigenvalue weighted by atomic mass is 10.0. The highest BCUT2D eigenvalue weighted by atomic mass is 32.2. The lowest BCUT2D eigenvalue weighted by Gasteiger charge is -2.19. The van der Waals surface area contributed by atoms with Gasteiger partial charge >= 0.3 is 6.18 Å². The van der Waals surface area contributed by atoms with Crippen LogP contribution >= 0.6 is 0 Å². The number of aromatic nitrogens is 5. The number of nitrogens with one attached hydrogen (secondary N) is 1. The van der Waals surface area contributed by atoms with E-state index in [9.17, 15) is 30.8 Å². The predicted molar refractivity (Wildman–Crippen MR) is 112 cm³/mol. The summed E-state index contributed by atoms with van der Waals surface area (Å²) in [5.41, 5.74) is -0.709. The van der Waals surface area contributed by atoms with Crippen LogP contribution in [0.5, 0.6) is 0 Å². The van der Waals surface area contributed by atoms with Crippen molar-refractivity contribution in [3.8, 4) is 5.82 Å². The highest BCUT2D eigenvalue weighted by molar-refractivity contribution is 7.92. The van der Waals surface area contributed by atoms with Crippen molar-refractivity contribution in [2.75, 3.05) is 11.1 Å². The molecule has 3 aromatic rings. The maximum Gasteiger partial charge on any atom is 0.435 e. The summed E-state index contributed by atoms with van der Waals surface area (Å²) in [6.07, 6.45) is 0.126. The predicted octanol–water partition coefficient (Wildman–Crippen LogP) is 2.99. The fourth-order valence-corrected chi connectivity index (χ4v) is 5.67. The summed E-state index contributed by atoms with van der Waals surface area (Å²) in [5, 5.41) is 5.74. The van der Waals surface area contributed by atoms with Gasteiger partial charge in [0.1, 0.15) is 17.6 Å². The number of imidazole rings is 1. The van der Waals surface area contributed by atoms with Crippen molar-refractivity contribution in [3.05, 3.63) is 53.8 Å². The first-order chi connectivity index (χ1) is 15.8. The maximum atomic E-state index is 14.7. The molecule has 1 atom stereocenters. The Morgan fingerprint density at radius 1 is 1.26 bits per heavy atom. The van der Waals surface area contributed by atoms with Gasteiger partial charge in [-0.15, -0.1) is 0 Å². The first-order valence-electron chi connectivity index (χ1n) is 10.1. The van der Waals surface area contributed by atoms with Gasteiger partial charge in [-0.25, -0.2) is 22.8 Å². The van der Waals surface area contributed by atoms with Crippen LogP contribution in [0.2, 0.25) is 0 Å². The first kappa shape index (κ1) is 23.9. The third-order valence-corrected chi connectivity index (χ3v) is 8.41. The first-order valence-corrected chi connectivity index (χ1v) is 11.8. The van der Waals surface area contributed by atoms with Crippen molar-refractivity contribution in [2.45, 2.75) is 44.2 Å². The average molecular weight is 500 g/mol. The molecule has 1 aliphatic rings. The molecule has 0 aliphatic carbocycles. The number of aryl methyl sites for hydroxylation is 1. The van der Waals surface area contributed by atoms with Gasteiger partial charge in [-0.3, -0.25) is 14.0 Å². The third-order valence-electron chi connectivity index (χ3n) is 5.79. The van der Waals surface area contributed by atoms with Crippen molar-refractivity contribution in [1.29, 1.82) is 0 Å². The van der Waals surface area contributed by atoms with E-state index in [1.165, 1.54) is 30.2 Å². The summed E-state index contributed by atoms with van der Waals surface area (Å²) in [6.45, 7) is 2.45. The van der Waals surface area contributed by atoms with Crippen LogP contribution in [-0.4, -0.2) is 44.4 Å². The monoisotopic (exact) mass is 500 g/mol. The van der Waals surface area contributed by atoms with E-state index in [1.807, 2.05) is 0 Å². The number of sulfone groups is 1. The molecule has 3 aromatic heterocycles. The van der Waals surface area contributed by atoms with E-state index in [4.69, 9.17) is 0 Å². The molecule has 1 aliphatic heterocycles. The molecule has 1 saturated heterocycles. The Morgan fingerprint density at radius 3 is 2.59 bits per heavy atom. The lowest BCUT2D eigenvalue weighted by Crippen LogP contribution is -2.28. The smallest absolute Gasteiger partial charge is 0.323 e. The molecule has 0 bridgehead atoms. The van der Waals surface area contributed by atoms with E-state index in [0.717, 1.165) is 16.8 Å². The average Bonchev–Trinajstić information content (AvgIpc) is 3.41. The molecular weight excluding hydrogens is 480 g/mol. The van der Waals surface area contributed by atoms with Gasteiger partial charge in [-0.2, -0.15) is 18.3 Å². The molecular formula is C20H20F4N6O3S. The van der Waals surface area contributed by atoms with Gasteiger partial charge < -0.3 is 5.32 Å². The van der Waals surface area contributed by atoms with Gasteiger partial charge in [0.15, 0.2) is 27.2 Å². The van der Waals surface area contributed by atoms with Crippen LogP contribution in [0.4, 0.5) is 23.2 Å².